The number of aryl methyl sites for hydroxylation is 2. The lowest BCUT2D eigenvalue weighted by molar-refractivity contribution is 0.636. The number of halogens is 1. The van der Waals surface area contributed by atoms with Gasteiger partial charge in [0.1, 0.15) is 0 Å². The van der Waals surface area contributed by atoms with Gasteiger partial charge in [-0.05, 0) is 43.7 Å². The van der Waals surface area contributed by atoms with Gasteiger partial charge in [-0.2, -0.15) is 0 Å². The first-order chi connectivity index (χ1) is 8.61. The Morgan fingerprint density at radius 3 is 2.56 bits per heavy atom. The number of rotatable bonds is 4. The van der Waals surface area contributed by atoms with Crippen molar-refractivity contribution in [3.63, 3.8) is 0 Å². The second-order valence-electron chi connectivity index (χ2n) is 4.49. The fourth-order valence-electron chi connectivity index (χ4n) is 2.20. The standard InChI is InChI=1S/C15H18ClNS/c1-4-17-15(13-7-8-14(16)18-13)12-6-5-10(2)9-11(12)3/h5-9,15,17H,4H2,1-3H3. The van der Waals surface area contributed by atoms with Crippen molar-refractivity contribution in [2.75, 3.05) is 6.54 Å². The molecule has 18 heavy (non-hydrogen) atoms. The number of hydrogen-bond donors (Lipinski definition) is 1. The summed E-state index contributed by atoms with van der Waals surface area (Å²) in [6.45, 7) is 7.36. The molecule has 0 amide bonds. The highest BCUT2D eigenvalue weighted by molar-refractivity contribution is 7.16. The van der Waals surface area contributed by atoms with Gasteiger partial charge in [-0.15, -0.1) is 11.3 Å². The molecule has 0 aliphatic rings. The average molecular weight is 280 g/mol. The molecule has 1 aromatic carbocycles. The van der Waals surface area contributed by atoms with Crippen LogP contribution in [0.5, 0.6) is 0 Å². The summed E-state index contributed by atoms with van der Waals surface area (Å²) in [4.78, 5) is 1.27. The molecule has 96 valence electrons. The van der Waals surface area contributed by atoms with Crippen LogP contribution in [0.1, 0.15) is 34.5 Å². The molecule has 1 N–H and O–H groups in total. The largest absolute Gasteiger partial charge is 0.306 e. The molecular formula is C15H18ClNS. The van der Waals surface area contributed by atoms with Crippen molar-refractivity contribution in [3.8, 4) is 0 Å². The summed E-state index contributed by atoms with van der Waals surface area (Å²) in [5.41, 5.74) is 3.96. The Morgan fingerprint density at radius 1 is 1.22 bits per heavy atom. The quantitative estimate of drug-likeness (QED) is 0.854. The zero-order valence-electron chi connectivity index (χ0n) is 11.0. The minimum atomic E-state index is 0.244. The van der Waals surface area contributed by atoms with Crippen molar-refractivity contribution in [1.29, 1.82) is 0 Å². The molecule has 3 heteroatoms. The van der Waals surface area contributed by atoms with Gasteiger partial charge < -0.3 is 5.32 Å². The first kappa shape index (κ1) is 13.6. The first-order valence-electron chi connectivity index (χ1n) is 6.17. The number of benzene rings is 1. The topological polar surface area (TPSA) is 12.0 Å². The predicted octanol–water partition coefficient (Wildman–Crippen LogP) is 4.72. The van der Waals surface area contributed by atoms with Crippen LogP contribution in [-0.4, -0.2) is 6.54 Å². The van der Waals surface area contributed by atoms with Crippen molar-refractivity contribution in [1.82, 2.24) is 5.32 Å². The van der Waals surface area contributed by atoms with Crippen LogP contribution in [0.25, 0.3) is 0 Å². The highest BCUT2D eigenvalue weighted by atomic mass is 35.5. The van der Waals surface area contributed by atoms with Crippen molar-refractivity contribution in [3.05, 3.63) is 56.2 Å². The predicted molar refractivity (Wildman–Crippen MR) is 80.8 cm³/mol. The third-order valence-electron chi connectivity index (χ3n) is 3.02. The maximum Gasteiger partial charge on any atom is 0.0931 e. The van der Waals surface area contributed by atoms with Crippen molar-refractivity contribution in [2.45, 2.75) is 26.8 Å². The zero-order chi connectivity index (χ0) is 13.1. The van der Waals surface area contributed by atoms with E-state index in [4.69, 9.17) is 11.6 Å². The van der Waals surface area contributed by atoms with Gasteiger partial charge in [0, 0.05) is 4.88 Å². The van der Waals surface area contributed by atoms with Crippen LogP contribution >= 0.6 is 22.9 Å². The summed E-state index contributed by atoms with van der Waals surface area (Å²) in [5, 5.41) is 3.54. The van der Waals surface area contributed by atoms with Crippen LogP contribution in [-0.2, 0) is 0 Å². The van der Waals surface area contributed by atoms with E-state index in [0.717, 1.165) is 10.9 Å². The molecule has 0 aliphatic carbocycles. The third kappa shape index (κ3) is 2.94. The number of thiophene rings is 1. The molecule has 0 bridgehead atoms. The second-order valence-corrected chi connectivity index (χ2v) is 6.24. The third-order valence-corrected chi connectivity index (χ3v) is 4.32. The molecular weight excluding hydrogens is 262 g/mol. The maximum absolute atomic E-state index is 6.05. The van der Waals surface area contributed by atoms with Crippen LogP contribution in [0.4, 0.5) is 0 Å². The highest BCUT2D eigenvalue weighted by Crippen LogP contribution is 2.32. The SMILES string of the molecule is CCNC(c1ccc(Cl)s1)c1ccc(C)cc1C. The molecule has 1 aromatic heterocycles. The fraction of sp³-hybridized carbons (Fsp3) is 0.333. The van der Waals surface area contributed by atoms with Gasteiger partial charge in [0.05, 0.1) is 10.4 Å². The van der Waals surface area contributed by atoms with E-state index in [0.29, 0.717) is 0 Å². The summed E-state index contributed by atoms with van der Waals surface area (Å²) >= 11 is 7.69. The lowest BCUT2D eigenvalue weighted by Crippen LogP contribution is -2.21. The minimum Gasteiger partial charge on any atom is -0.306 e. The van der Waals surface area contributed by atoms with E-state index in [-0.39, 0.29) is 6.04 Å². The normalized spacial score (nSPS) is 12.7. The number of hydrogen-bond acceptors (Lipinski definition) is 2. The van der Waals surface area contributed by atoms with E-state index in [1.807, 2.05) is 6.07 Å². The average Bonchev–Trinajstić information content (AvgIpc) is 2.73. The molecule has 1 heterocycles. The van der Waals surface area contributed by atoms with E-state index in [1.54, 1.807) is 11.3 Å². The molecule has 1 nitrogen and oxygen atoms in total. The minimum absolute atomic E-state index is 0.244. The molecule has 0 saturated heterocycles. The van der Waals surface area contributed by atoms with Gasteiger partial charge in [0.2, 0.25) is 0 Å². The molecule has 1 atom stereocenters. The lowest BCUT2D eigenvalue weighted by atomic mass is 9.98. The monoisotopic (exact) mass is 279 g/mol. The fourth-order valence-corrected chi connectivity index (χ4v) is 3.36. The Bertz CT molecular complexity index is 533. The second kappa shape index (κ2) is 5.87. The van der Waals surface area contributed by atoms with Crippen LogP contribution < -0.4 is 5.32 Å². The van der Waals surface area contributed by atoms with E-state index in [2.05, 4.69) is 50.4 Å². The van der Waals surface area contributed by atoms with Crippen LogP contribution in [0.15, 0.2) is 30.3 Å². The molecule has 2 aromatic rings. The van der Waals surface area contributed by atoms with Gasteiger partial charge in [0.25, 0.3) is 0 Å². The van der Waals surface area contributed by atoms with Gasteiger partial charge in [-0.1, -0.05) is 42.3 Å². The highest BCUT2D eigenvalue weighted by Gasteiger charge is 2.16. The van der Waals surface area contributed by atoms with Gasteiger partial charge >= 0.3 is 0 Å². The first-order valence-corrected chi connectivity index (χ1v) is 7.37. The van der Waals surface area contributed by atoms with E-state index in [1.165, 1.54) is 21.6 Å². The Balaban J connectivity index is 2.41. The smallest absolute Gasteiger partial charge is 0.0931 e. The summed E-state index contributed by atoms with van der Waals surface area (Å²) in [7, 11) is 0. The van der Waals surface area contributed by atoms with E-state index >= 15 is 0 Å². The van der Waals surface area contributed by atoms with Gasteiger partial charge in [-0.3, -0.25) is 0 Å². The molecule has 0 radical (unpaired) electrons. The number of nitrogens with one attached hydrogen (secondary N) is 1. The van der Waals surface area contributed by atoms with Crippen molar-refractivity contribution < 1.29 is 0 Å². The summed E-state index contributed by atoms with van der Waals surface area (Å²) in [5.74, 6) is 0. The van der Waals surface area contributed by atoms with Crippen molar-refractivity contribution in [2.24, 2.45) is 0 Å². The molecule has 0 aliphatic heterocycles. The van der Waals surface area contributed by atoms with Crippen LogP contribution in [0.2, 0.25) is 4.34 Å². The Kier molecular flexibility index (Phi) is 4.44. The molecule has 1 unspecified atom stereocenters. The Morgan fingerprint density at radius 2 is 2.00 bits per heavy atom. The molecule has 0 fully saturated rings. The molecule has 0 saturated carbocycles. The van der Waals surface area contributed by atoms with E-state index < -0.39 is 0 Å². The van der Waals surface area contributed by atoms with Gasteiger partial charge in [0.15, 0.2) is 0 Å². The Hall–Kier alpha value is -0.830. The maximum atomic E-state index is 6.05. The van der Waals surface area contributed by atoms with Gasteiger partial charge in [-0.25, -0.2) is 0 Å². The molecule has 0 spiro atoms. The van der Waals surface area contributed by atoms with Crippen LogP contribution in [0.3, 0.4) is 0 Å². The summed E-state index contributed by atoms with van der Waals surface area (Å²) < 4.78 is 0.845. The lowest BCUT2D eigenvalue weighted by Gasteiger charge is -2.19. The Labute approximate surface area is 118 Å². The van der Waals surface area contributed by atoms with E-state index in [9.17, 15) is 0 Å². The van der Waals surface area contributed by atoms with Crippen molar-refractivity contribution >= 4 is 22.9 Å². The zero-order valence-corrected chi connectivity index (χ0v) is 12.5. The van der Waals surface area contributed by atoms with Crippen LogP contribution in [0, 0.1) is 13.8 Å². The molecule has 2 rings (SSSR count). The summed E-state index contributed by atoms with van der Waals surface area (Å²) in [6.07, 6.45) is 0. The summed E-state index contributed by atoms with van der Waals surface area (Å²) in [6, 6.07) is 10.9.